The summed E-state index contributed by atoms with van der Waals surface area (Å²) in [6, 6.07) is 10.8. The van der Waals surface area contributed by atoms with Gasteiger partial charge >= 0.3 is 0 Å². The van der Waals surface area contributed by atoms with Crippen LogP contribution >= 0.6 is 11.3 Å². The van der Waals surface area contributed by atoms with E-state index in [-0.39, 0.29) is 5.75 Å². The molecule has 23 heavy (non-hydrogen) atoms. The Morgan fingerprint density at radius 3 is 2.65 bits per heavy atom. The maximum atomic E-state index is 13.4. The number of hydrogen-bond acceptors (Lipinski definition) is 4. The van der Waals surface area contributed by atoms with E-state index in [2.05, 4.69) is 4.98 Å². The molecule has 4 aromatic rings. The van der Waals surface area contributed by atoms with Crippen molar-refractivity contribution in [3.63, 3.8) is 0 Å². The molecular weight excluding hydrogens is 318 g/mol. The van der Waals surface area contributed by atoms with E-state index in [0.717, 1.165) is 27.6 Å². The van der Waals surface area contributed by atoms with Crippen LogP contribution in [0.25, 0.3) is 21.0 Å². The van der Waals surface area contributed by atoms with E-state index in [9.17, 15) is 8.78 Å². The first-order valence-electron chi connectivity index (χ1n) is 6.81. The lowest BCUT2D eigenvalue weighted by molar-refractivity contribution is 0.454. The molecule has 2 aromatic carbocycles. The minimum absolute atomic E-state index is 0.187. The number of aromatic nitrogens is 1. The van der Waals surface area contributed by atoms with Gasteiger partial charge in [0.1, 0.15) is 5.75 Å². The van der Waals surface area contributed by atoms with Crippen molar-refractivity contribution < 1.29 is 13.5 Å². The summed E-state index contributed by atoms with van der Waals surface area (Å²) in [7, 11) is 0. The average molecular weight is 328 g/mol. The molecule has 0 saturated heterocycles. The molecule has 3 nitrogen and oxygen atoms in total. The minimum Gasteiger partial charge on any atom is -0.438 e. The summed E-state index contributed by atoms with van der Waals surface area (Å²) in [5.74, 6) is -1.36. The van der Waals surface area contributed by atoms with Crippen molar-refractivity contribution in [2.45, 2.75) is 0 Å². The number of halogens is 2. The predicted molar refractivity (Wildman–Crippen MR) is 88.0 cm³/mol. The van der Waals surface area contributed by atoms with Crippen molar-refractivity contribution in [3.8, 4) is 11.6 Å². The van der Waals surface area contributed by atoms with Crippen LogP contribution in [0.3, 0.4) is 0 Å². The van der Waals surface area contributed by atoms with E-state index in [4.69, 9.17) is 10.5 Å². The molecule has 0 aliphatic heterocycles. The van der Waals surface area contributed by atoms with Crippen LogP contribution in [0.5, 0.6) is 11.6 Å². The van der Waals surface area contributed by atoms with Gasteiger partial charge in [-0.1, -0.05) is 0 Å². The van der Waals surface area contributed by atoms with Gasteiger partial charge in [-0.2, -0.15) is 0 Å². The van der Waals surface area contributed by atoms with E-state index in [1.54, 1.807) is 17.4 Å². The van der Waals surface area contributed by atoms with E-state index in [1.807, 2.05) is 23.6 Å². The van der Waals surface area contributed by atoms with Crippen molar-refractivity contribution >= 4 is 38.0 Å². The third-order valence-electron chi connectivity index (χ3n) is 3.49. The van der Waals surface area contributed by atoms with Crippen LogP contribution < -0.4 is 10.5 Å². The summed E-state index contributed by atoms with van der Waals surface area (Å²) < 4.78 is 33.1. The lowest BCUT2D eigenvalue weighted by atomic mass is 10.1. The molecular formula is C17H10F2N2OS. The van der Waals surface area contributed by atoms with Crippen LogP contribution in [-0.2, 0) is 0 Å². The largest absolute Gasteiger partial charge is 0.438 e. The molecule has 0 aliphatic rings. The predicted octanol–water partition coefficient (Wildman–Crippen LogP) is 5.10. The molecule has 2 aromatic heterocycles. The number of hydrogen-bond donors (Lipinski definition) is 1. The monoisotopic (exact) mass is 328 g/mol. The Kier molecular flexibility index (Phi) is 3.12. The summed E-state index contributed by atoms with van der Waals surface area (Å²) in [4.78, 5) is 4.47. The number of benzene rings is 2. The van der Waals surface area contributed by atoms with E-state index >= 15 is 0 Å². The zero-order valence-corrected chi connectivity index (χ0v) is 12.5. The molecule has 2 heterocycles. The maximum Gasteiger partial charge on any atom is 0.228 e. The van der Waals surface area contributed by atoms with Crippen molar-refractivity contribution in [1.29, 1.82) is 0 Å². The fraction of sp³-hybridized carbons (Fsp3) is 0. The zero-order chi connectivity index (χ0) is 16.0. The summed E-state index contributed by atoms with van der Waals surface area (Å²) in [6.07, 6.45) is 0. The van der Waals surface area contributed by atoms with Gasteiger partial charge in [0.15, 0.2) is 11.6 Å². The molecule has 114 valence electrons. The Morgan fingerprint density at radius 2 is 1.83 bits per heavy atom. The molecule has 4 rings (SSSR count). The van der Waals surface area contributed by atoms with Crippen molar-refractivity contribution in [2.24, 2.45) is 0 Å². The second-order valence-electron chi connectivity index (χ2n) is 5.03. The van der Waals surface area contributed by atoms with Gasteiger partial charge in [0.05, 0.1) is 10.9 Å². The summed E-state index contributed by atoms with van der Waals surface area (Å²) in [5.41, 5.74) is 7.10. The third-order valence-corrected chi connectivity index (χ3v) is 4.44. The highest BCUT2D eigenvalue weighted by molar-refractivity contribution is 7.18. The number of nitrogen functional groups attached to an aromatic ring is 1. The lowest BCUT2D eigenvalue weighted by Gasteiger charge is -2.09. The molecule has 6 heteroatoms. The molecule has 0 saturated carbocycles. The number of fused-ring (bicyclic) bond motifs is 3. The number of ether oxygens (including phenoxy) is 1. The van der Waals surface area contributed by atoms with E-state index in [0.29, 0.717) is 17.1 Å². The van der Waals surface area contributed by atoms with Gasteiger partial charge in [-0.25, -0.2) is 13.8 Å². The first-order valence-corrected chi connectivity index (χ1v) is 7.69. The summed E-state index contributed by atoms with van der Waals surface area (Å²) >= 11 is 1.56. The highest BCUT2D eigenvalue weighted by Gasteiger charge is 2.13. The molecule has 0 radical (unpaired) electrons. The van der Waals surface area contributed by atoms with Gasteiger partial charge in [0.2, 0.25) is 5.88 Å². The molecule has 0 fully saturated rings. The third kappa shape index (κ3) is 2.37. The first kappa shape index (κ1) is 13.9. The van der Waals surface area contributed by atoms with Crippen LogP contribution in [-0.4, -0.2) is 4.98 Å². The Morgan fingerprint density at radius 1 is 0.957 bits per heavy atom. The van der Waals surface area contributed by atoms with Crippen molar-refractivity contribution in [1.82, 2.24) is 4.98 Å². The average Bonchev–Trinajstić information content (AvgIpc) is 3.01. The van der Waals surface area contributed by atoms with Gasteiger partial charge in [0.25, 0.3) is 0 Å². The quantitative estimate of drug-likeness (QED) is 0.521. The second-order valence-corrected chi connectivity index (χ2v) is 5.95. The summed E-state index contributed by atoms with van der Waals surface area (Å²) in [5, 5.41) is 3.72. The second kappa shape index (κ2) is 5.17. The fourth-order valence-corrected chi connectivity index (χ4v) is 3.34. The van der Waals surface area contributed by atoms with Gasteiger partial charge < -0.3 is 10.5 Å². The smallest absolute Gasteiger partial charge is 0.228 e. The number of anilines is 1. The highest BCUT2D eigenvalue weighted by atomic mass is 32.1. The van der Waals surface area contributed by atoms with Crippen LogP contribution in [0.4, 0.5) is 14.5 Å². The summed E-state index contributed by atoms with van der Waals surface area (Å²) in [6.45, 7) is 0. The zero-order valence-electron chi connectivity index (χ0n) is 11.7. The number of pyridine rings is 1. The van der Waals surface area contributed by atoms with E-state index in [1.165, 1.54) is 6.07 Å². The van der Waals surface area contributed by atoms with Gasteiger partial charge in [0, 0.05) is 21.8 Å². The first-order chi connectivity index (χ1) is 11.1. The molecule has 0 atom stereocenters. The normalized spacial score (nSPS) is 11.2. The minimum atomic E-state index is -0.964. The number of thiophene rings is 1. The Balaban J connectivity index is 1.90. The topological polar surface area (TPSA) is 48.1 Å². The number of nitrogens with zero attached hydrogens (tertiary/aromatic N) is 1. The SMILES string of the molecule is Nc1ccc2c(c1)nc(Oc1ccc(F)c(F)c1)c1ccsc12. The molecule has 0 aliphatic carbocycles. The molecule has 0 spiro atoms. The number of rotatable bonds is 2. The highest BCUT2D eigenvalue weighted by Crippen LogP contribution is 2.37. The van der Waals surface area contributed by atoms with Crippen LogP contribution in [0, 0.1) is 11.6 Å². The maximum absolute atomic E-state index is 13.4. The Labute approximate surface area is 133 Å². The van der Waals surface area contributed by atoms with E-state index < -0.39 is 11.6 Å². The molecule has 0 bridgehead atoms. The van der Waals surface area contributed by atoms with Crippen molar-refractivity contribution in [3.05, 3.63) is 59.5 Å². The van der Waals surface area contributed by atoms with Gasteiger partial charge in [-0.3, -0.25) is 0 Å². The fourth-order valence-electron chi connectivity index (χ4n) is 2.42. The molecule has 0 unspecified atom stereocenters. The molecule has 2 N–H and O–H groups in total. The lowest BCUT2D eigenvalue weighted by Crippen LogP contribution is -1.93. The van der Waals surface area contributed by atoms with Crippen LogP contribution in [0.15, 0.2) is 47.8 Å². The van der Waals surface area contributed by atoms with Gasteiger partial charge in [-0.05, 0) is 41.8 Å². The Hall–Kier alpha value is -2.73. The molecule has 0 amide bonds. The Bertz CT molecular complexity index is 1050. The van der Waals surface area contributed by atoms with Crippen LogP contribution in [0.2, 0.25) is 0 Å². The van der Waals surface area contributed by atoms with Crippen LogP contribution in [0.1, 0.15) is 0 Å². The standard InChI is InChI=1S/C17H10F2N2OS/c18-13-4-2-10(8-14(13)19)22-17-12-5-6-23-16(12)11-3-1-9(20)7-15(11)21-17/h1-8H,20H2. The van der Waals surface area contributed by atoms with Crippen molar-refractivity contribution in [2.75, 3.05) is 5.73 Å². The van der Waals surface area contributed by atoms with Gasteiger partial charge in [-0.15, -0.1) is 11.3 Å². The number of nitrogens with two attached hydrogens (primary N) is 1.